The third-order valence-corrected chi connectivity index (χ3v) is 6.54. The molecule has 0 spiro atoms. The van der Waals surface area contributed by atoms with Gasteiger partial charge in [0.05, 0.1) is 19.9 Å². The number of nitrogens with one attached hydrogen (secondary N) is 2. The van der Waals surface area contributed by atoms with E-state index in [4.69, 9.17) is 18.9 Å². The quantitative estimate of drug-likeness (QED) is 0.328. The summed E-state index contributed by atoms with van der Waals surface area (Å²) in [6, 6.07) is 13.9. The molecule has 2 N–H and O–H groups in total. The van der Waals surface area contributed by atoms with Crippen LogP contribution in [0.3, 0.4) is 0 Å². The van der Waals surface area contributed by atoms with Crippen molar-refractivity contribution in [1.82, 2.24) is 20.0 Å². The first-order chi connectivity index (χ1) is 22.6. The Morgan fingerprint density at radius 1 is 0.729 bits per heavy atom. The van der Waals surface area contributed by atoms with Gasteiger partial charge < -0.3 is 44.3 Å². The number of carbonyl (C=O) groups excluding carboxylic acids is 4. The lowest BCUT2D eigenvalue weighted by Gasteiger charge is -2.35. The number of nitrogens with zero attached hydrogens (tertiary/aromatic N) is 4. The first-order valence-corrected chi connectivity index (χ1v) is 15.7. The Balaban J connectivity index is 0.000000279. The lowest BCUT2D eigenvalue weighted by Crippen LogP contribution is -2.52. The third-order valence-electron chi connectivity index (χ3n) is 6.54. The van der Waals surface area contributed by atoms with Crippen LogP contribution in [0.25, 0.3) is 0 Å². The number of amides is 4. The molecule has 2 aliphatic heterocycles. The Hall–Kier alpha value is -4.81. The molecule has 0 aliphatic carbocycles. The van der Waals surface area contributed by atoms with Gasteiger partial charge in [-0.2, -0.15) is 4.99 Å². The summed E-state index contributed by atoms with van der Waals surface area (Å²) in [5.41, 5.74) is 0.327. The maximum absolute atomic E-state index is 12.3. The summed E-state index contributed by atoms with van der Waals surface area (Å²) in [6.07, 6.45) is 0.917. The number of aliphatic imine (C=N–C) groups is 1. The van der Waals surface area contributed by atoms with Gasteiger partial charge in [0.1, 0.15) is 22.7 Å². The highest BCUT2D eigenvalue weighted by Gasteiger charge is 2.28. The number of isocyanates is 1. The van der Waals surface area contributed by atoms with Gasteiger partial charge in [-0.05, 0) is 65.8 Å². The summed E-state index contributed by atoms with van der Waals surface area (Å²) in [4.78, 5) is 54.1. The maximum Gasteiger partial charge on any atom is 0.410 e. The van der Waals surface area contributed by atoms with E-state index in [9.17, 15) is 19.2 Å². The normalized spacial score (nSPS) is 14.5. The molecule has 4 amide bonds. The number of ether oxygens (including phenoxy) is 4. The number of piperazine rings is 2. The number of anilines is 1. The van der Waals surface area contributed by atoms with Gasteiger partial charge in [-0.15, -0.1) is 0 Å². The number of hydrogen-bond acceptors (Lipinski definition) is 10. The van der Waals surface area contributed by atoms with Crippen LogP contribution in [0.15, 0.2) is 53.5 Å². The molecule has 2 aromatic carbocycles. The van der Waals surface area contributed by atoms with E-state index in [1.165, 1.54) is 6.08 Å². The van der Waals surface area contributed by atoms with Crippen LogP contribution in [-0.4, -0.2) is 117 Å². The Bertz CT molecular complexity index is 1370. The van der Waals surface area contributed by atoms with Crippen molar-refractivity contribution in [3.8, 4) is 11.5 Å². The molecule has 0 radical (unpaired) electrons. The van der Waals surface area contributed by atoms with Crippen LogP contribution >= 0.6 is 0 Å². The fourth-order valence-corrected chi connectivity index (χ4v) is 4.23. The monoisotopic (exact) mass is 670 g/mol. The Morgan fingerprint density at radius 2 is 1.21 bits per heavy atom. The zero-order valence-corrected chi connectivity index (χ0v) is 29.3. The standard InChI is InChI=1S/C17H25N3O4.C9H18N2O2.C8H7NO2/c1-17(2,3)24-16(22)20-10-8-19(9-11-20)15(21)18-13-6-5-7-14(12-13)23-4;1-9(2,3)13-8(12)11-6-4-10-5-7-11;1-11-8-4-2-3-7(5-8)9-6-10/h5-7,12H,8-11H2,1-4H3,(H,18,21);10H,4-7H2,1-3H3;2-5H,1H3. The van der Waals surface area contributed by atoms with E-state index in [0.717, 1.165) is 26.2 Å². The third kappa shape index (κ3) is 15.2. The molecule has 0 atom stereocenters. The van der Waals surface area contributed by atoms with Gasteiger partial charge in [-0.3, -0.25) is 0 Å². The van der Waals surface area contributed by atoms with E-state index in [2.05, 4.69) is 15.6 Å². The largest absolute Gasteiger partial charge is 0.497 e. The Labute approximate surface area is 283 Å². The van der Waals surface area contributed by atoms with Crippen LogP contribution < -0.4 is 20.1 Å². The number of rotatable bonds is 4. The summed E-state index contributed by atoms with van der Waals surface area (Å²) in [5, 5.41) is 6.02. The second-order valence-electron chi connectivity index (χ2n) is 12.7. The van der Waals surface area contributed by atoms with Crippen molar-refractivity contribution < 1.29 is 38.1 Å². The van der Waals surface area contributed by atoms with Gasteiger partial charge in [-0.25, -0.2) is 19.2 Å². The molecule has 2 saturated heterocycles. The van der Waals surface area contributed by atoms with Gasteiger partial charge in [0, 0.05) is 70.2 Å². The fraction of sp³-hybridized carbons (Fsp3) is 0.529. The van der Waals surface area contributed by atoms with Crippen molar-refractivity contribution in [2.24, 2.45) is 4.99 Å². The highest BCUT2D eigenvalue weighted by molar-refractivity contribution is 5.89. The highest BCUT2D eigenvalue weighted by Crippen LogP contribution is 2.19. The summed E-state index contributed by atoms with van der Waals surface area (Å²) >= 11 is 0. The van der Waals surface area contributed by atoms with Crippen LogP contribution in [0.4, 0.5) is 25.8 Å². The maximum atomic E-state index is 12.3. The summed E-state index contributed by atoms with van der Waals surface area (Å²) in [7, 11) is 3.14. The molecule has 0 unspecified atom stereocenters. The van der Waals surface area contributed by atoms with Crippen molar-refractivity contribution in [1.29, 1.82) is 0 Å². The van der Waals surface area contributed by atoms with E-state index in [1.807, 2.05) is 53.7 Å². The molecule has 48 heavy (non-hydrogen) atoms. The predicted molar refractivity (Wildman–Crippen MR) is 183 cm³/mol. The predicted octanol–water partition coefficient (Wildman–Crippen LogP) is 5.27. The van der Waals surface area contributed by atoms with Gasteiger partial charge >= 0.3 is 18.2 Å². The SMILES string of the molecule is CC(C)(C)OC(=O)N1CCNCC1.COc1cccc(N=C=O)c1.COc1cccc(NC(=O)N2CCN(C(=O)OC(C)(C)C)CC2)c1. The molecule has 0 saturated carbocycles. The molecule has 4 rings (SSSR count). The molecule has 0 bridgehead atoms. The molecule has 14 nitrogen and oxygen atoms in total. The number of urea groups is 1. The minimum atomic E-state index is -0.516. The van der Waals surface area contributed by atoms with Crippen molar-refractivity contribution in [3.05, 3.63) is 48.5 Å². The van der Waals surface area contributed by atoms with Crippen LogP contribution in [0.1, 0.15) is 41.5 Å². The number of hydrogen-bond donors (Lipinski definition) is 2. The molecule has 2 aliphatic rings. The first-order valence-electron chi connectivity index (χ1n) is 15.7. The number of benzene rings is 2. The van der Waals surface area contributed by atoms with Crippen molar-refractivity contribution in [2.45, 2.75) is 52.7 Å². The van der Waals surface area contributed by atoms with Gasteiger partial charge in [0.15, 0.2) is 0 Å². The lowest BCUT2D eigenvalue weighted by molar-refractivity contribution is 0.0172. The van der Waals surface area contributed by atoms with Crippen molar-refractivity contribution in [2.75, 3.05) is 71.9 Å². The Kier molecular flexibility index (Phi) is 15.7. The molecule has 0 aromatic heterocycles. The van der Waals surface area contributed by atoms with E-state index >= 15 is 0 Å². The second-order valence-corrected chi connectivity index (χ2v) is 12.7. The molecular formula is C34H50N6O8. The van der Waals surface area contributed by atoms with Crippen LogP contribution in [0.5, 0.6) is 11.5 Å². The molecule has 2 fully saturated rings. The van der Waals surface area contributed by atoms with Crippen molar-refractivity contribution >= 4 is 35.7 Å². The zero-order valence-electron chi connectivity index (χ0n) is 29.3. The summed E-state index contributed by atoms with van der Waals surface area (Å²) < 4.78 is 20.6. The lowest BCUT2D eigenvalue weighted by atomic mass is 10.2. The first kappa shape index (κ1) is 39.4. The molecule has 264 valence electrons. The van der Waals surface area contributed by atoms with E-state index in [0.29, 0.717) is 49.1 Å². The van der Waals surface area contributed by atoms with Gasteiger partial charge in [0.25, 0.3) is 0 Å². The van der Waals surface area contributed by atoms with Gasteiger partial charge in [-0.1, -0.05) is 12.1 Å². The minimum Gasteiger partial charge on any atom is -0.497 e. The number of carbonyl (C=O) groups is 3. The fourth-order valence-electron chi connectivity index (χ4n) is 4.23. The van der Waals surface area contributed by atoms with Crippen LogP contribution in [0, 0.1) is 0 Å². The average Bonchev–Trinajstić information content (AvgIpc) is 3.04. The topological polar surface area (TPSA) is 151 Å². The minimum absolute atomic E-state index is 0.188. The molecule has 14 heteroatoms. The summed E-state index contributed by atoms with van der Waals surface area (Å²) in [6.45, 7) is 16.2. The second kappa shape index (κ2) is 19.1. The van der Waals surface area contributed by atoms with E-state index < -0.39 is 5.60 Å². The van der Waals surface area contributed by atoms with Crippen LogP contribution in [-0.2, 0) is 14.3 Å². The average molecular weight is 671 g/mol. The summed E-state index contributed by atoms with van der Waals surface area (Å²) in [5.74, 6) is 1.36. The molecular weight excluding hydrogens is 620 g/mol. The van der Waals surface area contributed by atoms with Gasteiger partial charge in [0.2, 0.25) is 6.08 Å². The van der Waals surface area contributed by atoms with E-state index in [1.54, 1.807) is 65.3 Å². The zero-order chi connectivity index (χ0) is 35.7. The number of methoxy groups -OCH3 is 2. The smallest absolute Gasteiger partial charge is 0.410 e. The van der Waals surface area contributed by atoms with Crippen molar-refractivity contribution in [3.63, 3.8) is 0 Å². The molecule has 2 aromatic rings. The van der Waals surface area contributed by atoms with Crippen LogP contribution in [0.2, 0.25) is 0 Å². The molecule has 2 heterocycles. The highest BCUT2D eigenvalue weighted by atomic mass is 16.6. The Morgan fingerprint density at radius 3 is 1.71 bits per heavy atom. The van der Waals surface area contributed by atoms with E-state index in [-0.39, 0.29) is 23.8 Å².